The molecular formula is C18H14F3N3O2. The van der Waals surface area contributed by atoms with Gasteiger partial charge >= 0.3 is 6.18 Å². The van der Waals surface area contributed by atoms with Gasteiger partial charge in [-0.25, -0.2) is 4.68 Å². The number of hydrogen-bond acceptors (Lipinski definition) is 3. The number of H-pyrrole nitrogens is 1. The Morgan fingerprint density at radius 1 is 1.08 bits per heavy atom. The first-order valence-corrected chi connectivity index (χ1v) is 7.56. The van der Waals surface area contributed by atoms with Crippen molar-refractivity contribution in [1.82, 2.24) is 9.78 Å². The van der Waals surface area contributed by atoms with E-state index in [1.165, 1.54) is 19.2 Å². The van der Waals surface area contributed by atoms with Gasteiger partial charge in [-0.2, -0.15) is 13.2 Å². The van der Waals surface area contributed by atoms with Crippen LogP contribution in [0.5, 0.6) is 5.75 Å². The number of rotatable bonds is 4. The van der Waals surface area contributed by atoms with Gasteiger partial charge in [-0.1, -0.05) is 18.2 Å². The van der Waals surface area contributed by atoms with Gasteiger partial charge in [-0.3, -0.25) is 14.9 Å². The van der Waals surface area contributed by atoms with Gasteiger partial charge in [-0.15, -0.1) is 0 Å². The molecule has 1 heterocycles. The number of hydrogen-bond donors (Lipinski definition) is 1. The summed E-state index contributed by atoms with van der Waals surface area (Å²) < 4.78 is 45.8. The second-order valence-corrected chi connectivity index (χ2v) is 5.33. The molecule has 0 fully saturated rings. The zero-order chi connectivity index (χ0) is 18.7. The highest BCUT2D eigenvalue weighted by Gasteiger charge is 2.37. The highest BCUT2D eigenvalue weighted by Crippen LogP contribution is 2.29. The van der Waals surface area contributed by atoms with Gasteiger partial charge in [0.05, 0.1) is 24.0 Å². The van der Waals surface area contributed by atoms with Crippen molar-refractivity contribution in [3.63, 3.8) is 0 Å². The number of ether oxygens (including phenoxy) is 1. The third kappa shape index (κ3) is 3.53. The van der Waals surface area contributed by atoms with Gasteiger partial charge in [0.2, 0.25) is 0 Å². The largest absolute Gasteiger partial charge is 0.497 e. The Kier molecular flexibility index (Phi) is 4.66. The molecule has 0 saturated carbocycles. The summed E-state index contributed by atoms with van der Waals surface area (Å²) in [6.45, 7) is 0. The lowest BCUT2D eigenvalue weighted by Crippen LogP contribution is -2.17. The fourth-order valence-electron chi connectivity index (χ4n) is 2.35. The van der Waals surface area contributed by atoms with E-state index in [0.29, 0.717) is 17.1 Å². The minimum atomic E-state index is -4.72. The summed E-state index contributed by atoms with van der Waals surface area (Å²) in [6.07, 6.45) is -3.80. The minimum absolute atomic E-state index is 0.298. The first-order chi connectivity index (χ1) is 12.4. The van der Waals surface area contributed by atoms with E-state index < -0.39 is 23.0 Å². The van der Waals surface area contributed by atoms with E-state index >= 15 is 0 Å². The van der Waals surface area contributed by atoms with Crippen molar-refractivity contribution < 1.29 is 17.9 Å². The number of halogens is 3. The molecule has 26 heavy (non-hydrogen) atoms. The molecule has 0 aliphatic carbocycles. The second kappa shape index (κ2) is 6.91. The Hall–Kier alpha value is -3.29. The van der Waals surface area contributed by atoms with E-state index in [2.05, 4.69) is 10.1 Å². The fraction of sp³-hybridized carbons (Fsp3) is 0.111. The Balaban J connectivity index is 2.06. The summed E-state index contributed by atoms with van der Waals surface area (Å²) in [6, 6.07) is 14.4. The van der Waals surface area contributed by atoms with Crippen molar-refractivity contribution >= 4 is 11.9 Å². The van der Waals surface area contributed by atoms with Crippen LogP contribution in [0.15, 0.2) is 64.4 Å². The van der Waals surface area contributed by atoms with Crippen molar-refractivity contribution in [3.05, 3.63) is 76.2 Å². The average Bonchev–Trinajstić information content (AvgIpc) is 2.98. The van der Waals surface area contributed by atoms with E-state index in [-0.39, 0.29) is 0 Å². The van der Waals surface area contributed by atoms with E-state index in [9.17, 15) is 18.0 Å². The molecule has 0 amide bonds. The number of benzene rings is 2. The van der Waals surface area contributed by atoms with Crippen LogP contribution >= 0.6 is 0 Å². The van der Waals surface area contributed by atoms with Crippen LogP contribution in [-0.4, -0.2) is 23.1 Å². The molecule has 1 aromatic heterocycles. The van der Waals surface area contributed by atoms with E-state index in [1.807, 2.05) is 0 Å². The molecule has 3 rings (SSSR count). The van der Waals surface area contributed by atoms with Crippen LogP contribution < -0.4 is 10.3 Å². The predicted molar refractivity (Wildman–Crippen MR) is 91.6 cm³/mol. The number of para-hydroxylation sites is 1. The van der Waals surface area contributed by atoms with Crippen LogP contribution in [0.25, 0.3) is 5.69 Å². The summed E-state index contributed by atoms with van der Waals surface area (Å²) in [5, 5.41) is 2.13. The molecule has 3 aromatic rings. The summed E-state index contributed by atoms with van der Waals surface area (Å²) >= 11 is 0. The Morgan fingerprint density at radius 3 is 2.31 bits per heavy atom. The highest BCUT2D eigenvalue weighted by molar-refractivity contribution is 5.83. The molecule has 0 bridgehead atoms. The van der Waals surface area contributed by atoms with Crippen molar-refractivity contribution in [2.75, 3.05) is 7.11 Å². The number of aromatic nitrogens is 2. The van der Waals surface area contributed by atoms with Gasteiger partial charge in [-0.05, 0) is 36.4 Å². The number of aliphatic imine (C=N–C) groups is 1. The lowest BCUT2D eigenvalue weighted by molar-refractivity contribution is -0.141. The number of alkyl halides is 3. The molecule has 0 unspecified atom stereocenters. The molecule has 0 atom stereocenters. The van der Waals surface area contributed by atoms with Gasteiger partial charge in [0.15, 0.2) is 5.69 Å². The molecule has 0 spiro atoms. The first kappa shape index (κ1) is 17.5. The molecule has 0 aliphatic heterocycles. The van der Waals surface area contributed by atoms with Crippen molar-refractivity contribution in [2.45, 2.75) is 6.18 Å². The van der Waals surface area contributed by atoms with E-state index in [0.717, 1.165) is 10.9 Å². The van der Waals surface area contributed by atoms with E-state index in [4.69, 9.17) is 4.74 Å². The quantitative estimate of drug-likeness (QED) is 0.716. The Bertz CT molecular complexity index is 972. The number of aromatic amines is 1. The fourth-order valence-corrected chi connectivity index (χ4v) is 2.35. The zero-order valence-corrected chi connectivity index (χ0v) is 13.6. The van der Waals surface area contributed by atoms with E-state index in [1.54, 1.807) is 42.5 Å². The maximum Gasteiger partial charge on any atom is 0.433 e. The van der Waals surface area contributed by atoms with Crippen molar-refractivity contribution in [3.8, 4) is 11.4 Å². The summed E-state index contributed by atoms with van der Waals surface area (Å²) in [4.78, 5) is 16.5. The SMILES string of the molecule is COc1ccc(N=Cc2c(C(F)(F)F)[nH]n(-c3ccccc3)c2=O)cc1. The van der Waals surface area contributed by atoms with Gasteiger partial charge in [0.25, 0.3) is 5.56 Å². The topological polar surface area (TPSA) is 59.4 Å². The molecule has 8 heteroatoms. The molecule has 1 N–H and O–H groups in total. The Labute approximate surface area is 146 Å². The molecule has 0 aliphatic rings. The molecule has 2 aromatic carbocycles. The number of nitrogens with zero attached hydrogens (tertiary/aromatic N) is 2. The number of nitrogens with one attached hydrogen (secondary N) is 1. The highest BCUT2D eigenvalue weighted by atomic mass is 19.4. The summed E-state index contributed by atoms with van der Waals surface area (Å²) in [7, 11) is 1.50. The van der Waals surface area contributed by atoms with Gasteiger partial charge in [0.1, 0.15) is 5.75 Å². The maximum absolute atomic E-state index is 13.3. The average molecular weight is 361 g/mol. The predicted octanol–water partition coefficient (Wildman–Crippen LogP) is 3.94. The minimum Gasteiger partial charge on any atom is -0.497 e. The van der Waals surface area contributed by atoms with Crippen LogP contribution in [0.4, 0.5) is 18.9 Å². The van der Waals surface area contributed by atoms with Gasteiger partial charge in [0, 0.05) is 6.21 Å². The van der Waals surface area contributed by atoms with Crippen LogP contribution in [0.3, 0.4) is 0 Å². The smallest absolute Gasteiger partial charge is 0.433 e. The third-order valence-corrected chi connectivity index (χ3v) is 3.64. The molecular weight excluding hydrogens is 347 g/mol. The third-order valence-electron chi connectivity index (χ3n) is 3.64. The van der Waals surface area contributed by atoms with Crippen LogP contribution in [0, 0.1) is 0 Å². The Morgan fingerprint density at radius 2 is 1.73 bits per heavy atom. The number of methoxy groups -OCH3 is 1. The monoisotopic (exact) mass is 361 g/mol. The lowest BCUT2D eigenvalue weighted by Gasteiger charge is -2.04. The normalized spacial score (nSPS) is 11.8. The van der Waals surface area contributed by atoms with Crippen LogP contribution in [0.2, 0.25) is 0 Å². The summed E-state index contributed by atoms with van der Waals surface area (Å²) in [5.74, 6) is 0.591. The zero-order valence-electron chi connectivity index (χ0n) is 13.6. The second-order valence-electron chi connectivity index (χ2n) is 5.33. The van der Waals surface area contributed by atoms with Crippen molar-refractivity contribution in [1.29, 1.82) is 0 Å². The van der Waals surface area contributed by atoms with Crippen LogP contribution in [0.1, 0.15) is 11.3 Å². The molecule has 0 radical (unpaired) electrons. The first-order valence-electron chi connectivity index (χ1n) is 7.56. The van der Waals surface area contributed by atoms with Crippen LogP contribution in [-0.2, 0) is 6.18 Å². The molecule has 5 nitrogen and oxygen atoms in total. The molecule has 0 saturated heterocycles. The lowest BCUT2D eigenvalue weighted by atomic mass is 10.2. The van der Waals surface area contributed by atoms with Crippen molar-refractivity contribution in [2.24, 2.45) is 4.99 Å². The summed E-state index contributed by atoms with van der Waals surface area (Å²) in [5.41, 5.74) is -1.85. The molecule has 134 valence electrons. The standard InChI is InChI=1S/C18H14F3N3O2/c1-26-14-9-7-12(8-10-14)22-11-15-16(18(19,20)21)23-24(17(15)25)13-5-3-2-4-6-13/h2-11,23H,1H3. The van der Waals surface area contributed by atoms with Gasteiger partial charge < -0.3 is 4.74 Å². The maximum atomic E-state index is 13.3.